The Morgan fingerprint density at radius 1 is 1.25 bits per heavy atom. The van der Waals surface area contributed by atoms with Crippen LogP contribution in [-0.2, 0) is 11.3 Å². The molecule has 0 radical (unpaired) electrons. The molecule has 1 aliphatic carbocycles. The third-order valence-corrected chi connectivity index (χ3v) is 4.35. The molecule has 4 nitrogen and oxygen atoms in total. The van der Waals surface area contributed by atoms with Crippen LogP contribution in [0.1, 0.15) is 24.8 Å². The Hall–Kier alpha value is -1.55. The molecular weight excluding hydrogens is 254 g/mol. The highest BCUT2D eigenvalue weighted by molar-refractivity contribution is 5.71. The Balaban J connectivity index is 1.43. The highest BCUT2D eigenvalue weighted by Gasteiger charge is 2.32. The van der Waals surface area contributed by atoms with Gasteiger partial charge in [0.1, 0.15) is 5.75 Å². The summed E-state index contributed by atoms with van der Waals surface area (Å²) in [6.45, 7) is 2.99. The minimum Gasteiger partial charge on any atom is -0.493 e. The third-order valence-electron chi connectivity index (χ3n) is 4.35. The quantitative estimate of drug-likeness (QED) is 0.866. The fourth-order valence-electron chi connectivity index (χ4n) is 2.68. The molecule has 0 amide bonds. The summed E-state index contributed by atoms with van der Waals surface area (Å²) in [4.78, 5) is 12.9. The summed E-state index contributed by atoms with van der Waals surface area (Å²) in [5.41, 5.74) is 1.21. The van der Waals surface area contributed by atoms with Gasteiger partial charge in [-0.1, -0.05) is 18.6 Å². The van der Waals surface area contributed by atoms with E-state index < -0.39 is 5.97 Å². The molecule has 1 aliphatic heterocycles. The zero-order chi connectivity index (χ0) is 13.9. The third kappa shape index (κ3) is 3.12. The lowest BCUT2D eigenvalue weighted by Crippen LogP contribution is -2.49. The normalized spacial score (nSPS) is 20.2. The van der Waals surface area contributed by atoms with Crippen molar-refractivity contribution in [3.63, 3.8) is 0 Å². The molecule has 1 heterocycles. The van der Waals surface area contributed by atoms with Gasteiger partial charge in [-0.2, -0.15) is 0 Å². The van der Waals surface area contributed by atoms with Crippen molar-refractivity contribution in [3.05, 3.63) is 29.8 Å². The number of carboxylic acids is 1. The number of carbonyl (C=O) groups is 1. The van der Waals surface area contributed by atoms with Gasteiger partial charge in [0.05, 0.1) is 12.5 Å². The average Bonchev–Trinajstić information content (AvgIpc) is 2.32. The predicted molar refractivity (Wildman–Crippen MR) is 75.7 cm³/mol. The van der Waals surface area contributed by atoms with Crippen LogP contribution >= 0.6 is 0 Å². The lowest BCUT2D eigenvalue weighted by Gasteiger charge is -2.36. The van der Waals surface area contributed by atoms with Crippen LogP contribution in [0, 0.1) is 11.8 Å². The van der Waals surface area contributed by atoms with E-state index in [0.717, 1.165) is 24.8 Å². The van der Waals surface area contributed by atoms with Gasteiger partial charge in [0.15, 0.2) is 0 Å². The Labute approximate surface area is 119 Å². The SMILES string of the molecule is O=C(O)C1CN(Cc2ccc(OCC3CCC3)cc2)C1. The summed E-state index contributed by atoms with van der Waals surface area (Å²) in [5, 5.41) is 8.84. The maximum atomic E-state index is 10.7. The van der Waals surface area contributed by atoms with E-state index >= 15 is 0 Å². The summed E-state index contributed by atoms with van der Waals surface area (Å²) >= 11 is 0. The highest BCUT2D eigenvalue weighted by Crippen LogP contribution is 2.27. The van der Waals surface area contributed by atoms with E-state index in [0.29, 0.717) is 13.1 Å². The molecule has 4 heteroatoms. The average molecular weight is 275 g/mol. The van der Waals surface area contributed by atoms with E-state index in [9.17, 15) is 4.79 Å². The number of rotatable bonds is 6. The lowest BCUT2D eigenvalue weighted by molar-refractivity contribution is -0.147. The van der Waals surface area contributed by atoms with Crippen LogP contribution in [0.25, 0.3) is 0 Å². The summed E-state index contributed by atoms with van der Waals surface area (Å²) in [5.74, 6) is 0.831. The first kappa shape index (κ1) is 13.4. The second-order valence-electron chi connectivity index (χ2n) is 5.98. The number of aliphatic carboxylic acids is 1. The first-order chi connectivity index (χ1) is 9.70. The van der Waals surface area contributed by atoms with Gasteiger partial charge in [0.25, 0.3) is 0 Å². The molecule has 108 valence electrons. The first-order valence-corrected chi connectivity index (χ1v) is 7.37. The zero-order valence-electron chi connectivity index (χ0n) is 11.6. The lowest BCUT2D eigenvalue weighted by atomic mass is 9.86. The molecule has 0 spiro atoms. The van der Waals surface area contributed by atoms with Crippen molar-refractivity contribution in [2.45, 2.75) is 25.8 Å². The largest absolute Gasteiger partial charge is 0.493 e. The van der Waals surface area contributed by atoms with Crippen LogP contribution in [-0.4, -0.2) is 35.7 Å². The van der Waals surface area contributed by atoms with Gasteiger partial charge in [-0.25, -0.2) is 0 Å². The molecule has 1 N–H and O–H groups in total. The van der Waals surface area contributed by atoms with Crippen molar-refractivity contribution in [3.8, 4) is 5.75 Å². The Morgan fingerprint density at radius 3 is 2.50 bits per heavy atom. The monoisotopic (exact) mass is 275 g/mol. The number of ether oxygens (including phenoxy) is 1. The van der Waals surface area contributed by atoms with Gasteiger partial charge in [-0.3, -0.25) is 9.69 Å². The molecular formula is C16H21NO3. The van der Waals surface area contributed by atoms with E-state index in [1.165, 1.54) is 24.8 Å². The van der Waals surface area contributed by atoms with Crippen molar-refractivity contribution < 1.29 is 14.6 Å². The fourth-order valence-corrected chi connectivity index (χ4v) is 2.68. The van der Waals surface area contributed by atoms with Crippen molar-refractivity contribution in [1.82, 2.24) is 4.90 Å². The van der Waals surface area contributed by atoms with Crippen LogP contribution in [0.4, 0.5) is 0 Å². The molecule has 0 unspecified atom stereocenters. The molecule has 1 aromatic carbocycles. The van der Waals surface area contributed by atoms with E-state index in [-0.39, 0.29) is 5.92 Å². The van der Waals surface area contributed by atoms with Gasteiger partial charge in [0, 0.05) is 19.6 Å². The Kier molecular flexibility index (Phi) is 3.92. The minimum absolute atomic E-state index is 0.180. The summed E-state index contributed by atoms with van der Waals surface area (Å²) in [7, 11) is 0. The molecule has 2 fully saturated rings. The molecule has 1 saturated heterocycles. The summed E-state index contributed by atoms with van der Waals surface area (Å²) in [6, 6.07) is 8.18. The molecule has 0 atom stereocenters. The van der Waals surface area contributed by atoms with Crippen molar-refractivity contribution in [2.75, 3.05) is 19.7 Å². The van der Waals surface area contributed by atoms with Gasteiger partial charge in [-0.15, -0.1) is 0 Å². The van der Waals surface area contributed by atoms with Gasteiger partial charge in [0.2, 0.25) is 0 Å². The van der Waals surface area contributed by atoms with E-state index in [1.54, 1.807) is 0 Å². The highest BCUT2D eigenvalue weighted by atomic mass is 16.5. The van der Waals surface area contributed by atoms with Crippen molar-refractivity contribution in [2.24, 2.45) is 11.8 Å². The maximum absolute atomic E-state index is 10.7. The second kappa shape index (κ2) is 5.83. The molecule has 20 heavy (non-hydrogen) atoms. The number of hydrogen-bond donors (Lipinski definition) is 1. The van der Waals surface area contributed by atoms with E-state index in [1.807, 2.05) is 12.1 Å². The van der Waals surface area contributed by atoms with Crippen LogP contribution in [0.15, 0.2) is 24.3 Å². The molecule has 1 aromatic rings. The Morgan fingerprint density at radius 2 is 1.95 bits per heavy atom. The molecule has 0 bridgehead atoms. The summed E-state index contributed by atoms with van der Waals surface area (Å²) in [6.07, 6.45) is 3.95. The van der Waals surface area contributed by atoms with Crippen LogP contribution in [0.5, 0.6) is 5.75 Å². The van der Waals surface area contributed by atoms with E-state index in [4.69, 9.17) is 9.84 Å². The van der Waals surface area contributed by atoms with Crippen LogP contribution in [0.3, 0.4) is 0 Å². The van der Waals surface area contributed by atoms with Crippen LogP contribution < -0.4 is 4.74 Å². The van der Waals surface area contributed by atoms with Crippen molar-refractivity contribution >= 4 is 5.97 Å². The molecule has 0 aromatic heterocycles. The standard InChI is InChI=1S/C16H21NO3/c18-16(19)14-9-17(10-14)8-12-4-6-15(7-5-12)20-11-13-2-1-3-13/h4-7,13-14H,1-3,8-11H2,(H,18,19). The fraction of sp³-hybridized carbons (Fsp3) is 0.562. The summed E-state index contributed by atoms with van der Waals surface area (Å²) < 4.78 is 5.77. The zero-order valence-corrected chi connectivity index (χ0v) is 11.6. The Bertz CT molecular complexity index is 461. The number of nitrogens with zero attached hydrogens (tertiary/aromatic N) is 1. The minimum atomic E-state index is -0.680. The number of likely N-dealkylation sites (tertiary alicyclic amines) is 1. The molecule has 2 aliphatic rings. The number of carboxylic acid groups (broad SMARTS) is 1. The topological polar surface area (TPSA) is 49.8 Å². The van der Waals surface area contributed by atoms with Gasteiger partial charge >= 0.3 is 5.97 Å². The second-order valence-corrected chi connectivity index (χ2v) is 5.98. The molecule has 1 saturated carbocycles. The predicted octanol–water partition coefficient (Wildman–Crippen LogP) is 2.38. The van der Waals surface area contributed by atoms with Gasteiger partial charge < -0.3 is 9.84 Å². The van der Waals surface area contributed by atoms with Gasteiger partial charge in [-0.05, 0) is 36.5 Å². The maximum Gasteiger partial charge on any atom is 0.309 e. The molecule has 3 rings (SSSR count). The smallest absolute Gasteiger partial charge is 0.309 e. The van der Waals surface area contributed by atoms with E-state index in [2.05, 4.69) is 17.0 Å². The first-order valence-electron chi connectivity index (χ1n) is 7.37. The van der Waals surface area contributed by atoms with Crippen LogP contribution in [0.2, 0.25) is 0 Å². The van der Waals surface area contributed by atoms with Crippen molar-refractivity contribution in [1.29, 1.82) is 0 Å². The number of hydrogen-bond acceptors (Lipinski definition) is 3. The number of benzene rings is 1.